The normalized spacial score (nSPS) is 18.2. The van der Waals surface area contributed by atoms with Crippen molar-refractivity contribution in [3.05, 3.63) is 42.2 Å². The molecule has 25 heavy (non-hydrogen) atoms. The van der Waals surface area contributed by atoms with Crippen LogP contribution in [0.3, 0.4) is 0 Å². The van der Waals surface area contributed by atoms with Gasteiger partial charge in [-0.2, -0.15) is 4.98 Å². The molecule has 4 heterocycles. The van der Waals surface area contributed by atoms with Gasteiger partial charge in [-0.3, -0.25) is 4.79 Å². The van der Waals surface area contributed by atoms with Crippen molar-refractivity contribution in [1.82, 2.24) is 29.4 Å². The van der Waals surface area contributed by atoms with Crippen LogP contribution in [0, 0.1) is 0 Å². The van der Waals surface area contributed by atoms with E-state index >= 15 is 0 Å². The number of piperidine rings is 1. The Balaban J connectivity index is 1.56. The summed E-state index contributed by atoms with van der Waals surface area (Å²) in [6.45, 7) is 5.31. The molecule has 1 aliphatic heterocycles. The average molecular weight is 340 g/mol. The third kappa shape index (κ3) is 2.88. The molecule has 1 aliphatic rings. The van der Waals surface area contributed by atoms with Crippen LogP contribution in [0.25, 0.3) is 5.65 Å². The maximum Gasteiger partial charge on any atom is 0.276 e. The van der Waals surface area contributed by atoms with Crippen LogP contribution >= 0.6 is 0 Å². The number of nitrogens with zero attached hydrogens (tertiary/aromatic N) is 6. The highest BCUT2D eigenvalue weighted by Gasteiger charge is 2.30. The summed E-state index contributed by atoms with van der Waals surface area (Å²) in [7, 11) is 0. The predicted octanol–water partition coefficient (Wildman–Crippen LogP) is 2.26. The molecule has 130 valence electrons. The van der Waals surface area contributed by atoms with Crippen molar-refractivity contribution in [1.29, 1.82) is 0 Å². The van der Waals surface area contributed by atoms with Gasteiger partial charge < -0.3 is 13.8 Å². The number of hydrogen-bond donors (Lipinski definition) is 0. The lowest BCUT2D eigenvalue weighted by Gasteiger charge is -2.31. The van der Waals surface area contributed by atoms with E-state index < -0.39 is 0 Å². The summed E-state index contributed by atoms with van der Waals surface area (Å²) in [5, 5.41) is 4.11. The Hall–Kier alpha value is -2.77. The number of imidazole rings is 1. The van der Waals surface area contributed by atoms with Gasteiger partial charge in [-0.25, -0.2) is 9.97 Å². The van der Waals surface area contributed by atoms with E-state index in [-0.39, 0.29) is 17.7 Å². The molecule has 8 nitrogen and oxygen atoms in total. The monoisotopic (exact) mass is 340 g/mol. The largest absolute Gasteiger partial charge is 0.339 e. The topological polar surface area (TPSA) is 89.4 Å². The Morgan fingerprint density at radius 3 is 2.84 bits per heavy atom. The number of hydrogen-bond acceptors (Lipinski definition) is 6. The maximum absolute atomic E-state index is 12.9. The van der Waals surface area contributed by atoms with Gasteiger partial charge in [0.1, 0.15) is 0 Å². The molecule has 1 atom stereocenters. The van der Waals surface area contributed by atoms with Gasteiger partial charge >= 0.3 is 0 Å². The van der Waals surface area contributed by atoms with E-state index in [2.05, 4.69) is 20.1 Å². The van der Waals surface area contributed by atoms with Gasteiger partial charge in [-0.1, -0.05) is 19.0 Å². The van der Waals surface area contributed by atoms with Crippen molar-refractivity contribution in [2.45, 2.75) is 38.5 Å². The van der Waals surface area contributed by atoms with Crippen LogP contribution in [0.4, 0.5) is 0 Å². The zero-order valence-electron chi connectivity index (χ0n) is 14.3. The van der Waals surface area contributed by atoms with Crippen molar-refractivity contribution in [2.24, 2.45) is 0 Å². The first kappa shape index (κ1) is 15.7. The second-order valence-electron chi connectivity index (χ2n) is 6.67. The number of likely N-dealkylation sites (tertiary alicyclic amines) is 1. The van der Waals surface area contributed by atoms with Crippen LogP contribution < -0.4 is 0 Å². The quantitative estimate of drug-likeness (QED) is 0.726. The molecule has 3 aromatic heterocycles. The molecule has 8 heteroatoms. The van der Waals surface area contributed by atoms with Crippen molar-refractivity contribution in [3.63, 3.8) is 0 Å². The zero-order chi connectivity index (χ0) is 17.4. The fourth-order valence-corrected chi connectivity index (χ4v) is 3.17. The van der Waals surface area contributed by atoms with E-state index in [0.29, 0.717) is 36.1 Å². The van der Waals surface area contributed by atoms with Crippen LogP contribution in [0.15, 0.2) is 29.3 Å². The Morgan fingerprint density at radius 1 is 1.28 bits per heavy atom. The number of fused-ring (bicyclic) bond motifs is 1. The summed E-state index contributed by atoms with van der Waals surface area (Å²) in [5.41, 5.74) is 0.959. The number of aromatic nitrogens is 5. The van der Waals surface area contributed by atoms with Gasteiger partial charge in [0.2, 0.25) is 5.89 Å². The van der Waals surface area contributed by atoms with E-state index in [1.807, 2.05) is 18.7 Å². The molecule has 1 amide bonds. The smallest absolute Gasteiger partial charge is 0.276 e. The second-order valence-corrected chi connectivity index (χ2v) is 6.67. The molecular weight excluding hydrogens is 320 g/mol. The Morgan fingerprint density at radius 2 is 2.08 bits per heavy atom. The molecule has 1 unspecified atom stereocenters. The highest BCUT2D eigenvalue weighted by atomic mass is 16.5. The zero-order valence-corrected chi connectivity index (χ0v) is 14.3. The summed E-state index contributed by atoms with van der Waals surface area (Å²) >= 11 is 0. The van der Waals surface area contributed by atoms with Crippen molar-refractivity contribution < 1.29 is 9.32 Å². The van der Waals surface area contributed by atoms with Gasteiger partial charge in [-0.15, -0.1) is 0 Å². The number of carbonyl (C=O) groups excluding carboxylic acids is 1. The molecule has 0 spiro atoms. The van der Waals surface area contributed by atoms with Crippen molar-refractivity contribution in [2.75, 3.05) is 13.1 Å². The van der Waals surface area contributed by atoms with Gasteiger partial charge in [-0.05, 0) is 12.8 Å². The van der Waals surface area contributed by atoms with Crippen LogP contribution in [0.5, 0.6) is 0 Å². The van der Waals surface area contributed by atoms with Gasteiger partial charge in [0.15, 0.2) is 17.2 Å². The van der Waals surface area contributed by atoms with Gasteiger partial charge in [0, 0.05) is 49.7 Å². The van der Waals surface area contributed by atoms with Crippen LogP contribution in [0.1, 0.15) is 60.7 Å². The SMILES string of the molecule is CC(C)c1nc(C2CCCN(C(=O)c3nccn4ccnc34)C2)no1. The first-order chi connectivity index (χ1) is 12.1. The highest BCUT2D eigenvalue weighted by Crippen LogP contribution is 2.27. The number of carbonyl (C=O) groups is 1. The summed E-state index contributed by atoms with van der Waals surface area (Å²) in [5.74, 6) is 1.52. The minimum absolute atomic E-state index is 0.0911. The molecule has 0 N–H and O–H groups in total. The third-order valence-corrected chi connectivity index (χ3v) is 4.54. The molecule has 1 saturated heterocycles. The number of amides is 1. The molecule has 4 rings (SSSR count). The Bertz CT molecular complexity index is 899. The van der Waals surface area contributed by atoms with E-state index in [4.69, 9.17) is 4.52 Å². The third-order valence-electron chi connectivity index (χ3n) is 4.54. The lowest BCUT2D eigenvalue weighted by atomic mass is 9.97. The predicted molar refractivity (Wildman–Crippen MR) is 89.3 cm³/mol. The van der Waals surface area contributed by atoms with E-state index in [1.165, 1.54) is 0 Å². The summed E-state index contributed by atoms with van der Waals surface area (Å²) in [6, 6.07) is 0. The minimum Gasteiger partial charge on any atom is -0.339 e. The summed E-state index contributed by atoms with van der Waals surface area (Å²) in [4.78, 5) is 27.8. The standard InChI is InChI=1S/C17H20N6O2/c1-11(2)16-20-14(21-25-16)12-4-3-7-23(10-12)17(24)13-15-19-6-9-22(15)8-5-18-13/h5-6,8-9,11-12H,3-4,7,10H2,1-2H3. The second kappa shape index (κ2) is 6.27. The molecule has 1 fully saturated rings. The summed E-state index contributed by atoms with van der Waals surface area (Å²) in [6.07, 6.45) is 8.73. The van der Waals surface area contributed by atoms with E-state index in [0.717, 1.165) is 12.8 Å². The van der Waals surface area contributed by atoms with Gasteiger partial charge in [0.05, 0.1) is 0 Å². The fraction of sp³-hybridized carbons (Fsp3) is 0.471. The Kier molecular flexibility index (Phi) is 3.95. The molecule has 3 aromatic rings. The van der Waals surface area contributed by atoms with E-state index in [1.54, 1.807) is 29.2 Å². The molecule has 0 aromatic carbocycles. The van der Waals surface area contributed by atoms with Crippen LogP contribution in [0.2, 0.25) is 0 Å². The Labute approximate surface area is 144 Å². The minimum atomic E-state index is -0.103. The van der Waals surface area contributed by atoms with Crippen molar-refractivity contribution in [3.8, 4) is 0 Å². The highest BCUT2D eigenvalue weighted by molar-refractivity contribution is 5.97. The lowest BCUT2D eigenvalue weighted by Crippen LogP contribution is -2.40. The van der Waals surface area contributed by atoms with Gasteiger partial charge in [0.25, 0.3) is 5.91 Å². The number of rotatable bonds is 3. The lowest BCUT2D eigenvalue weighted by molar-refractivity contribution is 0.0699. The maximum atomic E-state index is 12.9. The average Bonchev–Trinajstić information content (AvgIpc) is 3.30. The molecule has 0 radical (unpaired) electrons. The molecular formula is C17H20N6O2. The van der Waals surface area contributed by atoms with E-state index in [9.17, 15) is 4.79 Å². The summed E-state index contributed by atoms with van der Waals surface area (Å²) < 4.78 is 7.12. The molecule has 0 saturated carbocycles. The van der Waals surface area contributed by atoms with Crippen LogP contribution in [-0.2, 0) is 0 Å². The molecule has 0 aliphatic carbocycles. The first-order valence-corrected chi connectivity index (χ1v) is 8.54. The molecule has 0 bridgehead atoms. The van der Waals surface area contributed by atoms with Crippen molar-refractivity contribution >= 4 is 11.6 Å². The fourth-order valence-electron chi connectivity index (χ4n) is 3.17. The van der Waals surface area contributed by atoms with Crippen LogP contribution in [-0.4, -0.2) is 48.4 Å². The first-order valence-electron chi connectivity index (χ1n) is 8.54.